The molecule has 0 radical (unpaired) electrons. The van der Waals surface area contributed by atoms with E-state index in [-0.39, 0.29) is 60.4 Å². The van der Waals surface area contributed by atoms with E-state index in [1.165, 1.54) is 29.0 Å². The van der Waals surface area contributed by atoms with E-state index in [2.05, 4.69) is 41.4 Å². The summed E-state index contributed by atoms with van der Waals surface area (Å²) in [5.74, 6) is -4.12. The second-order valence-corrected chi connectivity index (χ2v) is 9.26. The summed E-state index contributed by atoms with van der Waals surface area (Å²) in [5.41, 5.74) is 0.567. The number of urea groups is 1. The smallest absolute Gasteiger partial charge is 0.406 e. The van der Waals surface area contributed by atoms with Gasteiger partial charge in [0.1, 0.15) is 10.3 Å². The van der Waals surface area contributed by atoms with Gasteiger partial charge in [-0.15, -0.1) is 0 Å². The van der Waals surface area contributed by atoms with Crippen molar-refractivity contribution in [2.75, 3.05) is 19.0 Å². The molecule has 0 aromatic carbocycles. The van der Waals surface area contributed by atoms with Gasteiger partial charge in [-0.05, 0) is 41.3 Å². The van der Waals surface area contributed by atoms with Crippen LogP contribution in [0.15, 0.2) is 16.9 Å². The number of carbonyl (C=O) groups is 2. The van der Waals surface area contributed by atoms with E-state index in [0.717, 1.165) is 0 Å². The van der Waals surface area contributed by atoms with Gasteiger partial charge in [0.15, 0.2) is 5.82 Å². The predicted octanol–water partition coefficient (Wildman–Crippen LogP) is 4.02. The molecule has 34 heavy (non-hydrogen) atoms. The van der Waals surface area contributed by atoms with Crippen LogP contribution < -0.4 is 10.6 Å². The molecule has 2 atom stereocenters. The van der Waals surface area contributed by atoms with Crippen molar-refractivity contribution in [1.29, 1.82) is 0 Å². The number of hydrogen-bond acceptors (Lipinski definition) is 5. The predicted molar refractivity (Wildman–Crippen MR) is 119 cm³/mol. The van der Waals surface area contributed by atoms with E-state index < -0.39 is 30.3 Å². The number of anilines is 1. The fourth-order valence-electron chi connectivity index (χ4n) is 4.42. The molecule has 2 aromatic rings. The van der Waals surface area contributed by atoms with Gasteiger partial charge >= 0.3 is 12.1 Å². The Morgan fingerprint density at radius 2 is 2.15 bits per heavy atom. The second kappa shape index (κ2) is 9.43. The van der Waals surface area contributed by atoms with Crippen LogP contribution in [0.3, 0.4) is 0 Å². The molecule has 184 valence electrons. The number of aromatic nitrogens is 3. The summed E-state index contributed by atoms with van der Waals surface area (Å²) in [6.07, 6.45) is 0.781. The average Bonchev–Trinajstić information content (AvgIpc) is 3.09. The van der Waals surface area contributed by atoms with Crippen LogP contribution in [-0.2, 0) is 30.2 Å². The minimum Gasteiger partial charge on any atom is -0.453 e. The summed E-state index contributed by atoms with van der Waals surface area (Å²) in [6, 6.07) is 0.373. The molecule has 2 aliphatic heterocycles. The Morgan fingerprint density at radius 3 is 2.88 bits per heavy atom. The molecule has 4 heterocycles. The van der Waals surface area contributed by atoms with Crippen LogP contribution in [0.1, 0.15) is 36.7 Å². The molecule has 4 rings (SSSR count). The van der Waals surface area contributed by atoms with Gasteiger partial charge in [0.25, 0.3) is 5.92 Å². The van der Waals surface area contributed by atoms with Gasteiger partial charge in [-0.3, -0.25) is 4.68 Å². The number of fused-ring (bicyclic) bond motifs is 3. The standard InChI is InChI=1S/C21H24BrF3N6O3/c1-11-7-15-13(10-30(11)19(32)28-14-4-6-26-18(22)16(14)23)17-21(24,25)5-3-12(9-31(17)29-15)8-27-20(33)34-2/h4,6,11-12H,3,5,7-10H2,1-2H3,(H,27,33)(H,26,28,32)/t11-,12-/m1/s1. The number of rotatable bonds is 3. The highest BCUT2D eigenvalue weighted by molar-refractivity contribution is 9.10. The molecule has 0 bridgehead atoms. The molecule has 0 fully saturated rings. The van der Waals surface area contributed by atoms with Crippen LogP contribution in [0.2, 0.25) is 0 Å². The number of alkyl carbamates (subject to hydrolysis) is 1. The number of amides is 3. The third kappa shape index (κ3) is 4.70. The van der Waals surface area contributed by atoms with Crippen molar-refractivity contribution in [3.8, 4) is 0 Å². The fourth-order valence-corrected chi connectivity index (χ4v) is 4.75. The van der Waals surface area contributed by atoms with E-state index in [0.29, 0.717) is 11.3 Å². The van der Waals surface area contributed by atoms with E-state index in [1.807, 2.05) is 0 Å². The van der Waals surface area contributed by atoms with Crippen LogP contribution in [0, 0.1) is 11.7 Å². The third-order valence-corrected chi connectivity index (χ3v) is 6.75. The van der Waals surface area contributed by atoms with Crippen molar-refractivity contribution in [3.63, 3.8) is 0 Å². The lowest BCUT2D eigenvalue weighted by Gasteiger charge is -2.33. The van der Waals surface area contributed by atoms with Gasteiger partial charge in [-0.2, -0.15) is 13.9 Å². The summed E-state index contributed by atoms with van der Waals surface area (Å²) in [7, 11) is 1.24. The van der Waals surface area contributed by atoms with Crippen molar-refractivity contribution >= 4 is 33.7 Å². The van der Waals surface area contributed by atoms with Crippen molar-refractivity contribution in [1.82, 2.24) is 25.0 Å². The highest BCUT2D eigenvalue weighted by atomic mass is 79.9. The number of hydrogen-bond donors (Lipinski definition) is 2. The molecule has 0 unspecified atom stereocenters. The summed E-state index contributed by atoms with van der Waals surface area (Å²) >= 11 is 2.97. The number of ether oxygens (including phenoxy) is 1. The molecule has 0 aliphatic carbocycles. The topological polar surface area (TPSA) is 101 Å². The first kappa shape index (κ1) is 24.3. The van der Waals surface area contributed by atoms with Crippen LogP contribution >= 0.6 is 15.9 Å². The number of nitrogens with one attached hydrogen (secondary N) is 2. The lowest BCUT2D eigenvalue weighted by molar-refractivity contribution is -0.0219. The zero-order valence-corrected chi connectivity index (χ0v) is 20.2. The molecule has 0 saturated heterocycles. The number of carbonyl (C=O) groups excluding carboxylic acids is 2. The molecule has 0 saturated carbocycles. The molecule has 3 amide bonds. The quantitative estimate of drug-likeness (QED) is 0.568. The maximum Gasteiger partial charge on any atom is 0.406 e. The molecule has 0 spiro atoms. The maximum atomic E-state index is 15.2. The highest BCUT2D eigenvalue weighted by Crippen LogP contribution is 2.42. The lowest BCUT2D eigenvalue weighted by atomic mass is 9.95. The number of alkyl halides is 2. The normalized spacial score (nSPS) is 21.2. The third-order valence-electron chi connectivity index (χ3n) is 6.20. The highest BCUT2D eigenvalue weighted by Gasteiger charge is 2.44. The van der Waals surface area contributed by atoms with Crippen molar-refractivity contribution in [3.05, 3.63) is 39.6 Å². The maximum absolute atomic E-state index is 15.2. The van der Waals surface area contributed by atoms with Crippen molar-refractivity contribution < 1.29 is 27.5 Å². The monoisotopic (exact) mass is 544 g/mol. The summed E-state index contributed by atoms with van der Waals surface area (Å²) < 4.78 is 50.6. The summed E-state index contributed by atoms with van der Waals surface area (Å²) in [5, 5.41) is 9.52. The van der Waals surface area contributed by atoms with E-state index in [4.69, 9.17) is 0 Å². The van der Waals surface area contributed by atoms with Gasteiger partial charge in [-0.25, -0.2) is 19.0 Å². The Bertz CT molecular complexity index is 1110. The van der Waals surface area contributed by atoms with Crippen LogP contribution in [0.5, 0.6) is 0 Å². The SMILES string of the molecule is COC(=O)NC[C@H]1CCC(F)(F)c2c3c(nn2C1)C[C@@H](C)N(C(=O)Nc1ccnc(Br)c1F)C3. The first-order valence-corrected chi connectivity index (χ1v) is 11.6. The van der Waals surface area contributed by atoms with Crippen LogP contribution in [-0.4, -0.2) is 51.5 Å². The van der Waals surface area contributed by atoms with Crippen LogP contribution in [0.25, 0.3) is 0 Å². The first-order valence-electron chi connectivity index (χ1n) is 10.8. The number of halogens is 4. The average molecular weight is 545 g/mol. The second-order valence-electron chi connectivity index (χ2n) is 8.51. The zero-order chi connectivity index (χ0) is 24.6. The van der Waals surface area contributed by atoms with E-state index in [9.17, 15) is 14.0 Å². The Kier molecular flexibility index (Phi) is 6.74. The van der Waals surface area contributed by atoms with Gasteiger partial charge in [0.2, 0.25) is 0 Å². The summed E-state index contributed by atoms with van der Waals surface area (Å²) in [4.78, 5) is 29.5. The minimum atomic E-state index is -3.15. The Balaban J connectivity index is 1.58. The largest absolute Gasteiger partial charge is 0.453 e. The molecular weight excluding hydrogens is 521 g/mol. The minimum absolute atomic E-state index is 0.0443. The Hall–Kier alpha value is -2.83. The number of pyridine rings is 1. The molecular formula is C21H24BrF3N6O3. The van der Waals surface area contributed by atoms with Gasteiger partial charge in [-0.1, -0.05) is 0 Å². The molecule has 2 aliphatic rings. The van der Waals surface area contributed by atoms with E-state index >= 15 is 8.78 Å². The molecule has 13 heteroatoms. The Morgan fingerprint density at radius 1 is 1.38 bits per heavy atom. The van der Waals surface area contributed by atoms with Gasteiger partial charge in [0, 0.05) is 43.7 Å². The first-order chi connectivity index (χ1) is 16.1. The zero-order valence-electron chi connectivity index (χ0n) is 18.6. The lowest BCUT2D eigenvalue weighted by Crippen LogP contribution is -2.45. The molecule has 2 N–H and O–H groups in total. The Labute approximate surface area is 202 Å². The molecule has 2 aromatic heterocycles. The number of methoxy groups -OCH3 is 1. The summed E-state index contributed by atoms with van der Waals surface area (Å²) in [6.45, 7) is 2.10. The van der Waals surface area contributed by atoms with Gasteiger partial charge < -0.3 is 20.3 Å². The van der Waals surface area contributed by atoms with Gasteiger partial charge in [0.05, 0.1) is 25.0 Å². The van der Waals surface area contributed by atoms with Crippen molar-refractivity contribution in [2.45, 2.75) is 51.2 Å². The number of nitrogens with zero attached hydrogens (tertiary/aromatic N) is 4. The van der Waals surface area contributed by atoms with Crippen molar-refractivity contribution in [2.24, 2.45) is 5.92 Å². The molecule has 9 nitrogen and oxygen atoms in total. The van der Waals surface area contributed by atoms with E-state index in [1.54, 1.807) is 6.92 Å². The van der Waals surface area contributed by atoms with Crippen LogP contribution in [0.4, 0.5) is 28.4 Å². The fraction of sp³-hybridized carbons (Fsp3) is 0.524.